The minimum Gasteiger partial charge on any atom is -0.379 e. The summed E-state index contributed by atoms with van der Waals surface area (Å²) in [5.74, 6) is 0. The number of methoxy groups -OCH3 is 1. The minimum absolute atomic E-state index is 0.0305. The standard InChI is InChI=1S/C25H53N2O6P/c1-4-5-6-7-8-9-10-11-12-13-14-15-21-31-23-25(30-3)24-33-34(28,29)32-22-20-27-18-16-26(2)17-19-27/h25H,4-24H2,1-3H3,(H,28,29). The molecule has 2 atom stereocenters. The van der Waals surface area contributed by atoms with Gasteiger partial charge in [0.2, 0.25) is 0 Å². The van der Waals surface area contributed by atoms with Crippen molar-refractivity contribution in [2.75, 3.05) is 73.3 Å². The highest BCUT2D eigenvalue weighted by Crippen LogP contribution is 2.43. The zero-order chi connectivity index (χ0) is 24.9. The third-order valence-corrected chi connectivity index (χ3v) is 7.44. The maximum atomic E-state index is 12.1. The highest BCUT2D eigenvalue weighted by Gasteiger charge is 2.24. The Morgan fingerprint density at radius 3 is 1.91 bits per heavy atom. The van der Waals surface area contributed by atoms with Crippen molar-refractivity contribution < 1.29 is 28.0 Å². The maximum absolute atomic E-state index is 12.1. The first-order valence-corrected chi connectivity index (χ1v) is 15.1. The first-order valence-electron chi connectivity index (χ1n) is 13.6. The van der Waals surface area contributed by atoms with Crippen molar-refractivity contribution in [1.82, 2.24) is 9.80 Å². The van der Waals surface area contributed by atoms with Crippen molar-refractivity contribution in [3.8, 4) is 0 Å². The highest BCUT2D eigenvalue weighted by molar-refractivity contribution is 7.47. The normalized spacial score (nSPS) is 18.2. The van der Waals surface area contributed by atoms with Crippen LogP contribution in [0.5, 0.6) is 0 Å². The molecule has 0 spiro atoms. The van der Waals surface area contributed by atoms with Crippen LogP contribution in [0.2, 0.25) is 0 Å². The van der Waals surface area contributed by atoms with Crippen LogP contribution in [0.4, 0.5) is 0 Å². The van der Waals surface area contributed by atoms with Gasteiger partial charge < -0.3 is 19.3 Å². The molecule has 1 rings (SSSR count). The lowest BCUT2D eigenvalue weighted by Gasteiger charge is -2.32. The lowest BCUT2D eigenvalue weighted by molar-refractivity contribution is -0.0225. The van der Waals surface area contributed by atoms with E-state index in [4.69, 9.17) is 18.5 Å². The summed E-state index contributed by atoms with van der Waals surface area (Å²) in [5.41, 5.74) is 0. The molecule has 0 radical (unpaired) electrons. The first-order chi connectivity index (χ1) is 16.5. The largest absolute Gasteiger partial charge is 0.472 e. The molecule has 1 aliphatic heterocycles. The topological polar surface area (TPSA) is 80.7 Å². The maximum Gasteiger partial charge on any atom is 0.472 e. The van der Waals surface area contributed by atoms with Gasteiger partial charge in [-0.1, -0.05) is 77.6 Å². The number of likely N-dealkylation sites (N-methyl/N-ethyl adjacent to an activating group) is 1. The summed E-state index contributed by atoms with van der Waals surface area (Å²) in [5, 5.41) is 0. The van der Waals surface area contributed by atoms with E-state index in [-0.39, 0.29) is 19.3 Å². The molecule has 1 N–H and O–H groups in total. The molecule has 0 aromatic carbocycles. The second kappa shape index (κ2) is 21.1. The fourth-order valence-corrected chi connectivity index (χ4v) is 4.76. The molecule has 0 amide bonds. The zero-order valence-corrected chi connectivity index (χ0v) is 23.2. The molecule has 2 unspecified atom stereocenters. The average molecular weight is 509 g/mol. The van der Waals surface area contributed by atoms with Gasteiger partial charge in [0.15, 0.2) is 0 Å². The Bertz CT molecular complexity index is 506. The summed E-state index contributed by atoms with van der Waals surface area (Å²) in [6, 6.07) is 0. The van der Waals surface area contributed by atoms with Crippen molar-refractivity contribution in [3.63, 3.8) is 0 Å². The Morgan fingerprint density at radius 1 is 0.794 bits per heavy atom. The number of hydrogen-bond acceptors (Lipinski definition) is 7. The molecule has 1 saturated heterocycles. The van der Waals surface area contributed by atoms with Gasteiger partial charge in [-0.05, 0) is 13.5 Å². The van der Waals surface area contributed by atoms with Crippen LogP contribution in [-0.2, 0) is 23.1 Å². The molecule has 9 heteroatoms. The Morgan fingerprint density at radius 2 is 1.35 bits per heavy atom. The summed E-state index contributed by atoms with van der Waals surface area (Å²) in [6.07, 6.45) is 15.4. The molecular formula is C25H53N2O6P. The summed E-state index contributed by atoms with van der Waals surface area (Å²) >= 11 is 0. The molecule has 0 bridgehead atoms. The zero-order valence-electron chi connectivity index (χ0n) is 22.3. The summed E-state index contributed by atoms with van der Waals surface area (Å²) in [6.45, 7) is 7.94. The van der Waals surface area contributed by atoms with E-state index in [0.29, 0.717) is 19.8 Å². The SMILES string of the molecule is CCCCCCCCCCCCCCOCC(COP(=O)(O)OCCN1CCN(C)CC1)OC. The number of ether oxygens (including phenoxy) is 2. The van der Waals surface area contributed by atoms with Gasteiger partial charge in [0.25, 0.3) is 0 Å². The second-order valence-corrected chi connectivity index (χ2v) is 11.0. The lowest BCUT2D eigenvalue weighted by Crippen LogP contribution is -2.45. The van der Waals surface area contributed by atoms with Crippen LogP contribution < -0.4 is 0 Å². The average Bonchev–Trinajstić information content (AvgIpc) is 2.82. The van der Waals surface area contributed by atoms with E-state index in [0.717, 1.165) is 32.6 Å². The predicted molar refractivity (Wildman–Crippen MR) is 138 cm³/mol. The number of hydrogen-bond donors (Lipinski definition) is 1. The van der Waals surface area contributed by atoms with Crippen molar-refractivity contribution in [2.24, 2.45) is 0 Å². The van der Waals surface area contributed by atoms with Gasteiger partial charge in [0, 0.05) is 46.4 Å². The van der Waals surface area contributed by atoms with Crippen LogP contribution in [0.3, 0.4) is 0 Å². The molecule has 1 heterocycles. The van der Waals surface area contributed by atoms with Crippen molar-refractivity contribution >= 4 is 7.82 Å². The van der Waals surface area contributed by atoms with E-state index in [2.05, 4.69) is 23.8 Å². The van der Waals surface area contributed by atoms with Crippen LogP contribution in [0.25, 0.3) is 0 Å². The number of phosphoric acid groups is 1. The predicted octanol–water partition coefficient (Wildman–Crippen LogP) is 5.10. The fourth-order valence-electron chi connectivity index (χ4n) is 4.02. The summed E-state index contributed by atoms with van der Waals surface area (Å²) in [7, 11) is -0.437. The van der Waals surface area contributed by atoms with Crippen LogP contribution in [0.15, 0.2) is 0 Å². The monoisotopic (exact) mass is 508 g/mol. The van der Waals surface area contributed by atoms with Gasteiger partial charge in [-0.3, -0.25) is 13.9 Å². The molecule has 0 saturated carbocycles. The van der Waals surface area contributed by atoms with E-state index in [1.54, 1.807) is 7.11 Å². The lowest BCUT2D eigenvalue weighted by atomic mass is 10.1. The van der Waals surface area contributed by atoms with Crippen molar-refractivity contribution in [2.45, 2.75) is 90.1 Å². The van der Waals surface area contributed by atoms with E-state index >= 15 is 0 Å². The Labute approximate surface area is 209 Å². The number of unbranched alkanes of at least 4 members (excludes halogenated alkanes) is 11. The van der Waals surface area contributed by atoms with Crippen LogP contribution in [0, 0.1) is 0 Å². The molecular weight excluding hydrogens is 455 g/mol. The summed E-state index contributed by atoms with van der Waals surface area (Å²) < 4.78 is 33.4. The second-order valence-electron chi connectivity index (χ2n) is 9.56. The van der Waals surface area contributed by atoms with Gasteiger partial charge in [0.05, 0.1) is 19.8 Å². The fraction of sp³-hybridized carbons (Fsp3) is 1.00. The summed E-state index contributed by atoms with van der Waals surface area (Å²) in [4.78, 5) is 14.4. The molecule has 1 fully saturated rings. The van der Waals surface area contributed by atoms with Gasteiger partial charge >= 0.3 is 7.82 Å². The van der Waals surface area contributed by atoms with Gasteiger partial charge in [-0.25, -0.2) is 4.57 Å². The minimum atomic E-state index is -4.09. The number of phosphoric ester groups is 1. The number of nitrogens with zero attached hydrogens (tertiary/aromatic N) is 2. The van der Waals surface area contributed by atoms with Gasteiger partial charge in [0.1, 0.15) is 6.10 Å². The molecule has 0 aliphatic carbocycles. The van der Waals surface area contributed by atoms with E-state index in [9.17, 15) is 9.46 Å². The van der Waals surface area contributed by atoms with Crippen LogP contribution in [-0.4, -0.2) is 94.1 Å². The van der Waals surface area contributed by atoms with Crippen LogP contribution in [0.1, 0.15) is 84.0 Å². The number of rotatable bonds is 23. The van der Waals surface area contributed by atoms with Crippen LogP contribution >= 0.6 is 7.82 Å². The number of piperazine rings is 1. The quantitative estimate of drug-likeness (QED) is 0.151. The Hall–Kier alpha value is -0.0500. The molecule has 34 heavy (non-hydrogen) atoms. The molecule has 204 valence electrons. The third-order valence-electron chi connectivity index (χ3n) is 6.46. The van der Waals surface area contributed by atoms with Gasteiger partial charge in [-0.2, -0.15) is 0 Å². The van der Waals surface area contributed by atoms with E-state index in [1.165, 1.54) is 70.6 Å². The molecule has 0 aromatic rings. The van der Waals surface area contributed by atoms with Gasteiger partial charge in [-0.15, -0.1) is 0 Å². The highest BCUT2D eigenvalue weighted by atomic mass is 31.2. The van der Waals surface area contributed by atoms with E-state index < -0.39 is 7.82 Å². The molecule has 8 nitrogen and oxygen atoms in total. The molecule has 0 aromatic heterocycles. The molecule has 1 aliphatic rings. The van der Waals surface area contributed by atoms with Crippen molar-refractivity contribution in [1.29, 1.82) is 0 Å². The Balaban J connectivity index is 1.95. The van der Waals surface area contributed by atoms with E-state index in [1.807, 2.05) is 0 Å². The van der Waals surface area contributed by atoms with Crippen molar-refractivity contribution in [3.05, 3.63) is 0 Å². The smallest absolute Gasteiger partial charge is 0.379 e. The first kappa shape index (κ1) is 32.0. The third kappa shape index (κ3) is 18.3. The Kier molecular flexibility index (Phi) is 19.8.